The summed E-state index contributed by atoms with van der Waals surface area (Å²) < 4.78 is 5.60. The van der Waals surface area contributed by atoms with Gasteiger partial charge in [-0.15, -0.1) is 0 Å². The molecule has 0 radical (unpaired) electrons. The summed E-state index contributed by atoms with van der Waals surface area (Å²) in [5, 5.41) is 9.77. The molecule has 2 aliphatic rings. The molecule has 2 aliphatic heterocycles. The van der Waals surface area contributed by atoms with Crippen LogP contribution < -0.4 is 4.74 Å². The van der Waals surface area contributed by atoms with Crippen molar-refractivity contribution >= 4 is 23.6 Å². The van der Waals surface area contributed by atoms with Gasteiger partial charge in [0.2, 0.25) is 0 Å². The number of likely N-dealkylation sites (tertiary alicyclic amines) is 1. The van der Waals surface area contributed by atoms with Crippen LogP contribution in [-0.4, -0.2) is 42.2 Å². The van der Waals surface area contributed by atoms with E-state index >= 15 is 0 Å². The second-order valence-electron chi connectivity index (χ2n) is 5.23. The van der Waals surface area contributed by atoms with Gasteiger partial charge < -0.3 is 14.7 Å². The molecule has 0 aliphatic carbocycles. The van der Waals surface area contributed by atoms with E-state index in [2.05, 4.69) is 0 Å². The number of carbonyl (C=O) groups excluding carboxylic acids is 1. The third kappa shape index (κ3) is 2.53. The van der Waals surface area contributed by atoms with Crippen molar-refractivity contribution in [2.75, 3.05) is 26.3 Å². The summed E-state index contributed by atoms with van der Waals surface area (Å²) in [6.45, 7) is 1.74. The summed E-state index contributed by atoms with van der Waals surface area (Å²) >= 11 is 5.96. The van der Waals surface area contributed by atoms with Crippen molar-refractivity contribution in [3.05, 3.63) is 34.4 Å². The van der Waals surface area contributed by atoms with E-state index in [1.165, 1.54) is 0 Å². The fourth-order valence-electron chi connectivity index (χ4n) is 2.64. The standard InChI is InChI=1S/C15H16ClNO3/c16-13-1-2-14-11(6-13)5-12(9-20-14)15(19)17-4-3-10(7-17)8-18/h1-2,5-6,10,18H,3-4,7-9H2. The molecule has 1 aromatic rings. The quantitative estimate of drug-likeness (QED) is 0.907. The van der Waals surface area contributed by atoms with Crippen LogP contribution in [-0.2, 0) is 4.79 Å². The van der Waals surface area contributed by atoms with Crippen molar-refractivity contribution in [3.63, 3.8) is 0 Å². The van der Waals surface area contributed by atoms with Gasteiger partial charge in [0.1, 0.15) is 12.4 Å². The van der Waals surface area contributed by atoms with Crippen molar-refractivity contribution in [3.8, 4) is 5.75 Å². The second kappa shape index (κ2) is 5.46. The maximum absolute atomic E-state index is 12.4. The monoisotopic (exact) mass is 293 g/mol. The molecule has 0 spiro atoms. The number of rotatable bonds is 2. The van der Waals surface area contributed by atoms with E-state index in [-0.39, 0.29) is 25.0 Å². The Morgan fingerprint density at radius 2 is 2.35 bits per heavy atom. The number of hydrogen-bond acceptors (Lipinski definition) is 3. The van der Waals surface area contributed by atoms with Gasteiger partial charge >= 0.3 is 0 Å². The lowest BCUT2D eigenvalue weighted by Crippen LogP contribution is -2.32. The van der Waals surface area contributed by atoms with E-state index in [4.69, 9.17) is 21.4 Å². The molecular formula is C15H16ClNO3. The van der Waals surface area contributed by atoms with Gasteiger partial charge in [-0.3, -0.25) is 4.79 Å². The molecule has 1 unspecified atom stereocenters. The zero-order valence-corrected chi connectivity index (χ0v) is 11.8. The van der Waals surface area contributed by atoms with Gasteiger partial charge in [-0.1, -0.05) is 11.6 Å². The van der Waals surface area contributed by atoms with E-state index in [1.807, 2.05) is 12.1 Å². The molecule has 1 saturated heterocycles. The highest BCUT2D eigenvalue weighted by Crippen LogP contribution is 2.30. The average molecular weight is 294 g/mol. The number of aliphatic hydroxyl groups excluding tert-OH is 1. The van der Waals surface area contributed by atoms with Gasteiger partial charge in [0.15, 0.2) is 0 Å². The summed E-state index contributed by atoms with van der Waals surface area (Å²) in [5.41, 5.74) is 1.48. The number of fused-ring (bicyclic) bond motifs is 1. The lowest BCUT2D eigenvalue weighted by Gasteiger charge is -2.22. The fourth-order valence-corrected chi connectivity index (χ4v) is 2.82. The number of ether oxygens (including phenoxy) is 1. The molecule has 2 heterocycles. The Hall–Kier alpha value is -1.52. The lowest BCUT2D eigenvalue weighted by atomic mass is 10.1. The molecule has 4 nitrogen and oxygen atoms in total. The van der Waals surface area contributed by atoms with E-state index in [9.17, 15) is 4.79 Å². The Balaban J connectivity index is 1.79. The van der Waals surface area contributed by atoms with Gasteiger partial charge in [0.25, 0.3) is 5.91 Å². The first-order chi connectivity index (χ1) is 9.67. The third-order valence-corrected chi connectivity index (χ3v) is 4.03. The van der Waals surface area contributed by atoms with Crippen LogP contribution in [0.3, 0.4) is 0 Å². The summed E-state index contributed by atoms with van der Waals surface area (Å²) in [4.78, 5) is 14.2. The highest BCUT2D eigenvalue weighted by molar-refractivity contribution is 6.30. The van der Waals surface area contributed by atoms with Crippen molar-refractivity contribution in [2.24, 2.45) is 5.92 Å². The lowest BCUT2D eigenvalue weighted by molar-refractivity contribution is -0.126. The van der Waals surface area contributed by atoms with Crippen molar-refractivity contribution in [1.82, 2.24) is 4.90 Å². The van der Waals surface area contributed by atoms with Crippen LogP contribution in [0.1, 0.15) is 12.0 Å². The molecule has 106 valence electrons. The number of nitrogens with zero attached hydrogens (tertiary/aromatic N) is 1. The van der Waals surface area contributed by atoms with Crippen LogP contribution >= 0.6 is 11.6 Å². The van der Waals surface area contributed by atoms with Crippen LogP contribution in [0.5, 0.6) is 5.75 Å². The van der Waals surface area contributed by atoms with Crippen LogP contribution in [0.2, 0.25) is 5.02 Å². The molecule has 1 N–H and O–H groups in total. The van der Waals surface area contributed by atoms with Crippen LogP contribution in [0.15, 0.2) is 23.8 Å². The Bertz CT molecular complexity index is 570. The average Bonchev–Trinajstić information content (AvgIpc) is 2.94. The van der Waals surface area contributed by atoms with E-state index in [0.717, 1.165) is 17.7 Å². The Morgan fingerprint density at radius 1 is 1.50 bits per heavy atom. The van der Waals surface area contributed by atoms with Gasteiger partial charge in [-0.2, -0.15) is 0 Å². The SMILES string of the molecule is O=C(C1=Cc2cc(Cl)ccc2OC1)N1CCC(CO)C1. The first kappa shape index (κ1) is 13.5. The largest absolute Gasteiger partial charge is 0.488 e. The summed E-state index contributed by atoms with van der Waals surface area (Å²) in [7, 11) is 0. The zero-order valence-electron chi connectivity index (χ0n) is 11.0. The van der Waals surface area contributed by atoms with Crippen molar-refractivity contribution in [2.45, 2.75) is 6.42 Å². The van der Waals surface area contributed by atoms with Gasteiger partial charge in [-0.25, -0.2) is 0 Å². The minimum Gasteiger partial charge on any atom is -0.488 e. The first-order valence-electron chi connectivity index (χ1n) is 6.70. The molecule has 20 heavy (non-hydrogen) atoms. The molecule has 0 aromatic heterocycles. The van der Waals surface area contributed by atoms with Gasteiger partial charge in [0, 0.05) is 36.2 Å². The minimum atomic E-state index is -0.00780. The highest BCUT2D eigenvalue weighted by atomic mass is 35.5. The molecule has 1 atom stereocenters. The topological polar surface area (TPSA) is 49.8 Å². The van der Waals surface area contributed by atoms with Crippen LogP contribution in [0, 0.1) is 5.92 Å². The number of benzene rings is 1. The van der Waals surface area contributed by atoms with Crippen LogP contribution in [0.4, 0.5) is 0 Å². The minimum absolute atomic E-state index is 0.00780. The maximum Gasteiger partial charge on any atom is 0.253 e. The van der Waals surface area contributed by atoms with Crippen molar-refractivity contribution in [1.29, 1.82) is 0 Å². The highest BCUT2D eigenvalue weighted by Gasteiger charge is 2.29. The molecule has 1 aromatic carbocycles. The second-order valence-corrected chi connectivity index (χ2v) is 5.67. The van der Waals surface area contributed by atoms with E-state index in [0.29, 0.717) is 23.7 Å². The molecule has 1 fully saturated rings. The third-order valence-electron chi connectivity index (χ3n) is 3.79. The predicted molar refractivity (Wildman–Crippen MR) is 76.7 cm³/mol. The predicted octanol–water partition coefficient (Wildman–Crippen LogP) is 1.96. The Labute approximate surface area is 122 Å². The number of aliphatic hydroxyl groups is 1. The van der Waals surface area contributed by atoms with E-state index < -0.39 is 0 Å². The fraction of sp³-hybridized carbons (Fsp3) is 0.400. The smallest absolute Gasteiger partial charge is 0.253 e. The summed E-state index contributed by atoms with van der Waals surface area (Å²) in [6.07, 6.45) is 2.71. The summed E-state index contributed by atoms with van der Waals surface area (Å²) in [5.74, 6) is 0.943. The van der Waals surface area contributed by atoms with E-state index in [1.54, 1.807) is 17.0 Å². The Morgan fingerprint density at radius 3 is 3.10 bits per heavy atom. The van der Waals surface area contributed by atoms with Gasteiger partial charge in [0.05, 0.1) is 5.57 Å². The number of hydrogen-bond donors (Lipinski definition) is 1. The van der Waals surface area contributed by atoms with Crippen LogP contribution in [0.25, 0.3) is 6.08 Å². The molecule has 0 saturated carbocycles. The number of carbonyl (C=O) groups is 1. The molecule has 3 rings (SSSR count). The number of amides is 1. The molecule has 5 heteroatoms. The summed E-state index contributed by atoms with van der Waals surface area (Å²) in [6, 6.07) is 5.38. The maximum atomic E-state index is 12.4. The van der Waals surface area contributed by atoms with Crippen molar-refractivity contribution < 1.29 is 14.6 Å². The Kier molecular flexibility index (Phi) is 3.68. The number of halogens is 1. The molecule has 0 bridgehead atoms. The zero-order chi connectivity index (χ0) is 14.1. The molecular weight excluding hydrogens is 278 g/mol. The normalized spacial score (nSPS) is 21.2. The first-order valence-corrected chi connectivity index (χ1v) is 7.08. The van der Waals surface area contributed by atoms with Gasteiger partial charge in [-0.05, 0) is 30.7 Å². The molecule has 1 amide bonds.